The minimum atomic E-state index is -1.57. The van der Waals surface area contributed by atoms with Crippen molar-refractivity contribution in [3.63, 3.8) is 0 Å². The predicted octanol–water partition coefficient (Wildman–Crippen LogP) is 12.0. The molecule has 0 atom stereocenters. The number of ether oxygens (including phenoxy) is 1. The molecule has 0 aromatic heterocycles. The highest BCUT2D eigenvalue weighted by molar-refractivity contribution is 5.71. The predicted molar refractivity (Wildman–Crippen MR) is 155 cm³/mol. The van der Waals surface area contributed by atoms with E-state index in [9.17, 15) is 13.2 Å². The Hall–Kier alpha value is -2.89. The van der Waals surface area contributed by atoms with Crippen LogP contribution in [0.5, 0.6) is 11.5 Å². The van der Waals surface area contributed by atoms with Gasteiger partial charge in [-0.2, -0.15) is 0 Å². The minimum absolute atomic E-state index is 0.0483. The van der Waals surface area contributed by atoms with Gasteiger partial charge in [0.15, 0.2) is 29.0 Å². The van der Waals surface area contributed by atoms with Crippen LogP contribution in [0.1, 0.15) is 107 Å². The summed E-state index contributed by atoms with van der Waals surface area (Å²) in [6, 6.07) is 9.38. The Balaban J connectivity index is 1.43. The normalized spacial score (nSPS) is 17.1. The molecule has 0 bridgehead atoms. The van der Waals surface area contributed by atoms with Gasteiger partial charge in [0.1, 0.15) is 11.6 Å². The van der Waals surface area contributed by atoms with Crippen LogP contribution in [0.25, 0.3) is 11.1 Å². The molecule has 0 saturated heterocycles. The smallest absolute Gasteiger partial charge is 0.194 e. The van der Waals surface area contributed by atoms with Crippen LogP contribution in [0.15, 0.2) is 42.5 Å². The van der Waals surface area contributed by atoms with Gasteiger partial charge in [-0.3, -0.25) is 0 Å². The molecule has 1 aliphatic carbocycles. The Morgan fingerprint density at radius 2 is 1.32 bits per heavy atom. The molecule has 0 unspecified atom stereocenters. The molecular formula is C35H41F5O. The van der Waals surface area contributed by atoms with Crippen molar-refractivity contribution in [1.82, 2.24) is 0 Å². The lowest BCUT2D eigenvalue weighted by atomic mass is 9.76. The molecule has 41 heavy (non-hydrogen) atoms. The zero-order chi connectivity index (χ0) is 29.4. The van der Waals surface area contributed by atoms with Crippen LogP contribution in [0, 0.1) is 41.9 Å². The summed E-state index contributed by atoms with van der Waals surface area (Å²) < 4.78 is 78.5. The first-order valence-corrected chi connectivity index (χ1v) is 15.2. The zero-order valence-electron chi connectivity index (χ0n) is 24.2. The number of halogens is 5. The largest absolute Gasteiger partial charge is 0.453 e. The van der Waals surface area contributed by atoms with Crippen molar-refractivity contribution >= 4 is 0 Å². The Morgan fingerprint density at radius 1 is 0.707 bits per heavy atom. The molecule has 3 aromatic rings. The molecule has 0 aliphatic heterocycles. The molecule has 0 amide bonds. The highest BCUT2D eigenvalue weighted by Gasteiger charge is 2.29. The Labute approximate surface area is 241 Å². The lowest BCUT2D eigenvalue weighted by molar-refractivity contribution is 0.292. The van der Waals surface area contributed by atoms with Crippen LogP contribution in [0.2, 0.25) is 0 Å². The van der Waals surface area contributed by atoms with E-state index < -0.39 is 29.1 Å². The van der Waals surface area contributed by atoms with Crippen molar-refractivity contribution in [3.05, 3.63) is 82.7 Å². The summed E-state index contributed by atoms with van der Waals surface area (Å²) in [5.74, 6) is -5.16. The van der Waals surface area contributed by atoms with Crippen LogP contribution in [0.4, 0.5) is 22.0 Å². The SMILES string of the molecule is CCCCCCCCCC[C@H]1CC[C@H](c2c(F)cc(C)c(Oc3ccccc3-c3cc(F)c(F)c(F)c3)c2F)CC1. The molecule has 1 nitrogen and oxygen atoms in total. The van der Waals surface area contributed by atoms with Crippen LogP contribution >= 0.6 is 0 Å². The number of benzene rings is 3. The van der Waals surface area contributed by atoms with Crippen molar-refractivity contribution in [2.75, 3.05) is 0 Å². The number of rotatable bonds is 13. The lowest BCUT2D eigenvalue weighted by Gasteiger charge is -2.30. The third kappa shape index (κ3) is 7.90. The van der Waals surface area contributed by atoms with Crippen molar-refractivity contribution in [2.45, 2.75) is 103 Å². The zero-order valence-corrected chi connectivity index (χ0v) is 24.2. The van der Waals surface area contributed by atoms with E-state index in [0.717, 1.165) is 37.8 Å². The summed E-state index contributed by atoms with van der Waals surface area (Å²) in [6.07, 6.45) is 14.9. The van der Waals surface area contributed by atoms with Crippen molar-refractivity contribution in [1.29, 1.82) is 0 Å². The molecule has 0 N–H and O–H groups in total. The van der Waals surface area contributed by atoms with Crippen LogP contribution in [0.3, 0.4) is 0 Å². The average Bonchev–Trinajstić information content (AvgIpc) is 2.96. The van der Waals surface area contributed by atoms with Gasteiger partial charge in [-0.1, -0.05) is 82.9 Å². The number of para-hydroxylation sites is 1. The summed E-state index contributed by atoms with van der Waals surface area (Å²) in [6.45, 7) is 3.79. The molecule has 0 heterocycles. The van der Waals surface area contributed by atoms with Gasteiger partial charge in [0.2, 0.25) is 0 Å². The first-order valence-electron chi connectivity index (χ1n) is 15.2. The summed E-state index contributed by atoms with van der Waals surface area (Å²) >= 11 is 0. The van der Waals surface area contributed by atoms with E-state index in [1.807, 2.05) is 0 Å². The van der Waals surface area contributed by atoms with E-state index >= 15 is 8.78 Å². The summed E-state index contributed by atoms with van der Waals surface area (Å²) in [4.78, 5) is 0. The highest BCUT2D eigenvalue weighted by atomic mass is 19.2. The van der Waals surface area contributed by atoms with Crippen LogP contribution in [-0.4, -0.2) is 0 Å². The van der Waals surface area contributed by atoms with Gasteiger partial charge in [0.25, 0.3) is 0 Å². The van der Waals surface area contributed by atoms with Gasteiger partial charge in [0, 0.05) is 11.1 Å². The van der Waals surface area contributed by atoms with E-state index in [4.69, 9.17) is 4.74 Å². The Morgan fingerprint density at radius 3 is 1.98 bits per heavy atom. The van der Waals surface area contributed by atoms with Gasteiger partial charge >= 0.3 is 0 Å². The van der Waals surface area contributed by atoms with Gasteiger partial charge in [0.05, 0.1) is 0 Å². The molecule has 0 radical (unpaired) electrons. The highest BCUT2D eigenvalue weighted by Crippen LogP contribution is 2.44. The van der Waals surface area contributed by atoms with E-state index in [-0.39, 0.29) is 39.7 Å². The third-order valence-corrected chi connectivity index (χ3v) is 8.51. The maximum absolute atomic E-state index is 15.9. The number of hydrogen-bond donors (Lipinski definition) is 0. The fourth-order valence-electron chi connectivity index (χ4n) is 6.15. The maximum atomic E-state index is 15.9. The fraction of sp³-hybridized carbons (Fsp3) is 0.486. The fourth-order valence-corrected chi connectivity index (χ4v) is 6.15. The van der Waals surface area contributed by atoms with E-state index in [0.29, 0.717) is 5.92 Å². The van der Waals surface area contributed by atoms with E-state index in [2.05, 4.69) is 6.92 Å². The molecule has 1 fully saturated rings. The quantitative estimate of drug-likeness (QED) is 0.112. The van der Waals surface area contributed by atoms with Gasteiger partial charge in [-0.25, -0.2) is 22.0 Å². The first-order chi connectivity index (χ1) is 19.8. The second-order valence-corrected chi connectivity index (χ2v) is 11.6. The monoisotopic (exact) mass is 572 g/mol. The Kier molecular flexibility index (Phi) is 11.2. The minimum Gasteiger partial charge on any atom is -0.453 e. The molecule has 4 rings (SSSR count). The van der Waals surface area contributed by atoms with Gasteiger partial charge < -0.3 is 4.74 Å². The van der Waals surface area contributed by atoms with E-state index in [1.54, 1.807) is 25.1 Å². The molecule has 222 valence electrons. The molecule has 1 aliphatic rings. The van der Waals surface area contributed by atoms with Crippen LogP contribution in [-0.2, 0) is 0 Å². The number of hydrogen-bond acceptors (Lipinski definition) is 1. The average molecular weight is 573 g/mol. The molecule has 0 spiro atoms. The van der Waals surface area contributed by atoms with Crippen molar-refractivity contribution in [3.8, 4) is 22.6 Å². The molecule has 3 aromatic carbocycles. The number of aryl methyl sites for hydroxylation is 1. The Bertz CT molecular complexity index is 1270. The maximum Gasteiger partial charge on any atom is 0.194 e. The standard InChI is InChI=1S/C35H41F5O/c1-3-4-5-6-7-8-9-10-13-24-16-18-25(19-17-24)32-28(36)20-23(2)35(34(32)40)41-31-15-12-11-14-27(31)26-21-29(37)33(39)30(38)22-26/h11-12,14-15,20-22,24-25H,3-10,13,16-19H2,1-2H3/t24-,25-. The van der Waals surface area contributed by atoms with Crippen molar-refractivity contribution < 1.29 is 26.7 Å². The summed E-state index contributed by atoms with van der Waals surface area (Å²) in [5.41, 5.74) is 0.634. The summed E-state index contributed by atoms with van der Waals surface area (Å²) in [7, 11) is 0. The molecular weight excluding hydrogens is 531 g/mol. The van der Waals surface area contributed by atoms with Gasteiger partial charge in [-0.15, -0.1) is 0 Å². The lowest BCUT2D eigenvalue weighted by Crippen LogP contribution is -2.16. The summed E-state index contributed by atoms with van der Waals surface area (Å²) in [5, 5.41) is 0. The van der Waals surface area contributed by atoms with Gasteiger partial charge in [-0.05, 0) is 79.8 Å². The third-order valence-electron chi connectivity index (χ3n) is 8.51. The second kappa shape index (κ2) is 14.8. The molecule has 6 heteroatoms. The second-order valence-electron chi connectivity index (χ2n) is 11.6. The first kappa shape index (κ1) is 31.1. The van der Waals surface area contributed by atoms with Crippen LogP contribution < -0.4 is 4.74 Å². The number of unbranched alkanes of at least 4 members (excludes halogenated alkanes) is 7. The van der Waals surface area contributed by atoms with Crippen molar-refractivity contribution in [2.24, 2.45) is 5.92 Å². The van der Waals surface area contributed by atoms with E-state index in [1.165, 1.54) is 69.9 Å². The molecule has 1 saturated carbocycles. The topological polar surface area (TPSA) is 9.23 Å².